The highest BCUT2D eigenvalue weighted by molar-refractivity contribution is 6.18. The zero-order valence-corrected chi connectivity index (χ0v) is 14.8. The minimum absolute atomic E-state index is 0.142. The fraction of sp³-hybridized carbons (Fsp3) is 0. The van der Waals surface area contributed by atoms with Gasteiger partial charge in [0.2, 0.25) is 5.78 Å². The quantitative estimate of drug-likeness (QED) is 0.316. The van der Waals surface area contributed by atoms with Crippen LogP contribution in [-0.2, 0) is 0 Å². The van der Waals surface area contributed by atoms with Gasteiger partial charge in [-0.3, -0.25) is 65.5 Å². The van der Waals surface area contributed by atoms with E-state index >= 15 is 0 Å². The topological polar surface area (TPSA) is 276 Å². The number of hydrogen-bond acceptors (Lipinski definition) is 13. The summed E-state index contributed by atoms with van der Waals surface area (Å²) in [4.78, 5) is 71.8. The third kappa shape index (κ3) is 3.96. The van der Waals surface area contributed by atoms with E-state index in [4.69, 9.17) is 0 Å². The third-order valence-corrected chi connectivity index (χ3v) is 3.83. The first kappa shape index (κ1) is 22.8. The van der Waals surface area contributed by atoms with Gasteiger partial charge < -0.3 is 0 Å². The average molecular weight is 452 g/mol. The molecule has 0 saturated carbocycles. The van der Waals surface area contributed by atoms with Gasteiger partial charge >= 0.3 is 0 Å². The van der Waals surface area contributed by atoms with Gasteiger partial charge in [0.25, 0.3) is 34.1 Å². The van der Waals surface area contributed by atoms with E-state index in [1.54, 1.807) is 0 Å². The van der Waals surface area contributed by atoms with Crippen molar-refractivity contribution in [1.29, 1.82) is 0 Å². The summed E-state index contributed by atoms with van der Waals surface area (Å²) in [7, 11) is 0. The number of benzene rings is 2. The molecule has 2 aromatic carbocycles. The average Bonchev–Trinajstić information content (AvgIpc) is 2.70. The lowest BCUT2D eigenvalue weighted by molar-refractivity contribution is -0.403. The van der Waals surface area contributed by atoms with Crippen molar-refractivity contribution in [3.63, 3.8) is 0 Å². The molecule has 0 unspecified atom stereocenters. The van der Waals surface area contributed by atoms with Crippen LogP contribution in [0.5, 0.6) is 0 Å². The molecule has 0 aliphatic rings. The van der Waals surface area contributed by atoms with Crippen LogP contribution < -0.4 is 0 Å². The maximum Gasteiger partial charge on any atom is 0.294 e. The van der Waals surface area contributed by atoms with Crippen LogP contribution >= 0.6 is 0 Å². The summed E-state index contributed by atoms with van der Waals surface area (Å²) >= 11 is 0. The maximum atomic E-state index is 13.0. The molecule has 0 aliphatic carbocycles. The molecule has 0 fully saturated rings. The van der Waals surface area contributed by atoms with Gasteiger partial charge in [0.1, 0.15) is 0 Å². The van der Waals surface area contributed by atoms with E-state index in [9.17, 15) is 65.5 Å². The standard InChI is InChI=1S/C13H4N6O13/c20-13(11-7(16(25)26)1-5(14(21)22)2-8(11)17(27)28)12-9(18(29)30)3-6(15(23)24)4-10(12)19(31)32/h1-4H. The van der Waals surface area contributed by atoms with Crippen molar-refractivity contribution in [2.75, 3.05) is 0 Å². The van der Waals surface area contributed by atoms with E-state index in [1.165, 1.54) is 0 Å². The Labute approximate surface area is 171 Å². The Balaban J connectivity index is 3.06. The Hall–Kier alpha value is -5.49. The van der Waals surface area contributed by atoms with Gasteiger partial charge in [-0.2, -0.15) is 0 Å². The second-order valence-corrected chi connectivity index (χ2v) is 5.59. The van der Waals surface area contributed by atoms with Crippen LogP contribution in [-0.4, -0.2) is 35.3 Å². The molecule has 0 bridgehead atoms. The molecule has 0 heterocycles. The number of carbonyl (C=O) groups is 1. The van der Waals surface area contributed by atoms with E-state index in [0.717, 1.165) is 0 Å². The smallest absolute Gasteiger partial charge is 0.287 e. The van der Waals surface area contributed by atoms with Crippen molar-refractivity contribution in [2.45, 2.75) is 0 Å². The predicted octanol–water partition coefficient (Wildman–Crippen LogP) is 2.37. The summed E-state index contributed by atoms with van der Waals surface area (Å²) < 4.78 is 0. The molecule has 2 rings (SSSR count). The molecule has 19 nitrogen and oxygen atoms in total. The first-order valence-electron chi connectivity index (χ1n) is 7.55. The lowest BCUT2D eigenvalue weighted by Gasteiger charge is -2.06. The largest absolute Gasteiger partial charge is 0.294 e. The van der Waals surface area contributed by atoms with Gasteiger partial charge in [-0.1, -0.05) is 0 Å². The van der Waals surface area contributed by atoms with Crippen molar-refractivity contribution >= 4 is 39.9 Å². The Morgan fingerprint density at radius 1 is 0.469 bits per heavy atom. The highest BCUT2D eigenvalue weighted by Crippen LogP contribution is 2.40. The van der Waals surface area contributed by atoms with Crippen molar-refractivity contribution < 1.29 is 34.3 Å². The fourth-order valence-electron chi connectivity index (χ4n) is 2.57. The summed E-state index contributed by atoms with van der Waals surface area (Å²) in [6.07, 6.45) is 0. The lowest BCUT2D eigenvalue weighted by Crippen LogP contribution is -2.14. The maximum absolute atomic E-state index is 13.0. The second-order valence-electron chi connectivity index (χ2n) is 5.59. The molecule has 0 aliphatic heterocycles. The Morgan fingerprint density at radius 2 is 0.688 bits per heavy atom. The SMILES string of the molecule is O=C(c1c([N+](=O)[O-])cc([N+](=O)[O-])cc1[N+](=O)[O-])c1c([N+](=O)[O-])cc([N+](=O)[O-])cc1[N+](=O)[O-]. The predicted molar refractivity (Wildman–Crippen MR) is 96.2 cm³/mol. The first-order chi connectivity index (χ1) is 14.8. The van der Waals surface area contributed by atoms with Crippen molar-refractivity contribution in [3.05, 3.63) is 96.1 Å². The molecule has 2 aromatic rings. The Bertz CT molecular complexity index is 1100. The molecule has 0 N–H and O–H groups in total. The summed E-state index contributed by atoms with van der Waals surface area (Å²) in [5.74, 6) is -1.99. The van der Waals surface area contributed by atoms with Gasteiger partial charge in [-0.05, 0) is 0 Å². The summed E-state index contributed by atoms with van der Waals surface area (Å²) in [5.41, 5.74) is -11.6. The van der Waals surface area contributed by atoms with Crippen LogP contribution in [0.25, 0.3) is 0 Å². The normalized spacial score (nSPS) is 10.2. The number of carbonyl (C=O) groups excluding carboxylic acids is 1. The number of nitrogens with zero attached hydrogens (tertiary/aromatic N) is 6. The molecule has 0 saturated heterocycles. The van der Waals surface area contributed by atoms with Gasteiger partial charge in [-0.25, -0.2) is 0 Å². The van der Waals surface area contributed by atoms with Crippen molar-refractivity contribution in [2.24, 2.45) is 0 Å². The zero-order chi connectivity index (χ0) is 24.5. The summed E-state index contributed by atoms with van der Waals surface area (Å²) in [6, 6.07) is 0.569. The molecule has 0 radical (unpaired) electrons. The molecular weight excluding hydrogens is 448 g/mol. The van der Waals surface area contributed by atoms with E-state index in [-0.39, 0.29) is 24.3 Å². The van der Waals surface area contributed by atoms with Gasteiger partial charge in [0.15, 0.2) is 11.1 Å². The third-order valence-electron chi connectivity index (χ3n) is 3.83. The van der Waals surface area contributed by atoms with Gasteiger partial charge in [0.05, 0.1) is 53.8 Å². The number of rotatable bonds is 8. The van der Waals surface area contributed by atoms with E-state index in [2.05, 4.69) is 0 Å². The minimum atomic E-state index is -1.99. The van der Waals surface area contributed by atoms with Crippen LogP contribution in [0.2, 0.25) is 0 Å². The minimum Gasteiger partial charge on any atom is -0.287 e. The Kier molecular flexibility index (Phi) is 5.77. The van der Waals surface area contributed by atoms with E-state index in [1.807, 2.05) is 0 Å². The summed E-state index contributed by atoms with van der Waals surface area (Å²) in [5, 5.41) is 67.2. The number of nitro groups is 6. The number of hydrogen-bond donors (Lipinski definition) is 0. The van der Waals surface area contributed by atoms with E-state index in [0.29, 0.717) is 0 Å². The lowest BCUT2D eigenvalue weighted by atomic mass is 9.96. The summed E-state index contributed by atoms with van der Waals surface area (Å²) in [6.45, 7) is 0. The fourth-order valence-corrected chi connectivity index (χ4v) is 2.57. The first-order valence-corrected chi connectivity index (χ1v) is 7.55. The second kappa shape index (κ2) is 8.10. The number of non-ortho nitro benzene ring substituents is 2. The van der Waals surface area contributed by atoms with E-state index < -0.39 is 80.6 Å². The molecule has 0 amide bonds. The molecule has 0 aromatic heterocycles. The monoisotopic (exact) mass is 452 g/mol. The highest BCUT2D eigenvalue weighted by atomic mass is 16.6. The molecule has 0 atom stereocenters. The highest BCUT2D eigenvalue weighted by Gasteiger charge is 2.42. The molecule has 0 spiro atoms. The van der Waals surface area contributed by atoms with Crippen LogP contribution in [0.1, 0.15) is 15.9 Å². The van der Waals surface area contributed by atoms with Crippen LogP contribution in [0.15, 0.2) is 24.3 Å². The van der Waals surface area contributed by atoms with Crippen molar-refractivity contribution in [3.8, 4) is 0 Å². The number of nitro benzene ring substituents is 6. The van der Waals surface area contributed by atoms with Gasteiger partial charge in [0, 0.05) is 0 Å². The number of ketones is 1. The van der Waals surface area contributed by atoms with Gasteiger partial charge in [-0.15, -0.1) is 0 Å². The van der Waals surface area contributed by atoms with Crippen LogP contribution in [0, 0.1) is 60.7 Å². The van der Waals surface area contributed by atoms with Crippen LogP contribution in [0.3, 0.4) is 0 Å². The molecule has 164 valence electrons. The zero-order valence-electron chi connectivity index (χ0n) is 14.8. The Morgan fingerprint density at radius 3 is 0.844 bits per heavy atom. The molecule has 32 heavy (non-hydrogen) atoms. The van der Waals surface area contributed by atoms with Crippen LogP contribution in [0.4, 0.5) is 34.1 Å². The molecule has 19 heteroatoms. The molecular formula is C13H4N6O13. The van der Waals surface area contributed by atoms with Crippen molar-refractivity contribution in [1.82, 2.24) is 0 Å².